The number of thioether (sulfide) groups is 1. The van der Waals surface area contributed by atoms with Crippen molar-refractivity contribution in [2.45, 2.75) is 24.1 Å². The highest BCUT2D eigenvalue weighted by atomic mass is 35.5. The quantitative estimate of drug-likeness (QED) is 0.400. The fourth-order valence-electron chi connectivity index (χ4n) is 1.94. The molecule has 0 unspecified atom stereocenters. The molecule has 10 heteroatoms. The van der Waals surface area contributed by atoms with E-state index in [2.05, 4.69) is 26.4 Å². The van der Waals surface area contributed by atoms with Crippen molar-refractivity contribution in [1.82, 2.24) is 24.4 Å². The highest BCUT2D eigenvalue weighted by molar-refractivity contribution is 7.98. The van der Waals surface area contributed by atoms with Gasteiger partial charge in [-0.05, 0) is 24.3 Å². The van der Waals surface area contributed by atoms with Gasteiger partial charge in [0.25, 0.3) is 0 Å². The normalized spacial score (nSPS) is 10.8. The number of ether oxygens (including phenoxy) is 1. The minimum atomic E-state index is 0.294. The summed E-state index contributed by atoms with van der Waals surface area (Å²) < 4.78 is 12.1. The third-order valence-corrected chi connectivity index (χ3v) is 5.35. The molecule has 2 heterocycles. The second kappa shape index (κ2) is 8.66. The number of hydrogen-bond donors (Lipinski definition) is 0. The van der Waals surface area contributed by atoms with Crippen LogP contribution in [0, 0.1) is 0 Å². The number of benzene rings is 1. The van der Waals surface area contributed by atoms with Gasteiger partial charge in [0.15, 0.2) is 11.0 Å². The first kappa shape index (κ1) is 18.2. The van der Waals surface area contributed by atoms with Crippen LogP contribution in [0.3, 0.4) is 0 Å². The molecule has 130 valence electrons. The summed E-state index contributed by atoms with van der Waals surface area (Å²) in [7, 11) is 0. The van der Waals surface area contributed by atoms with E-state index in [0.717, 1.165) is 10.9 Å². The lowest BCUT2D eigenvalue weighted by atomic mass is 10.3. The van der Waals surface area contributed by atoms with E-state index in [4.69, 9.17) is 27.9 Å². The second-order valence-electron chi connectivity index (χ2n) is 4.82. The van der Waals surface area contributed by atoms with Crippen molar-refractivity contribution < 1.29 is 4.74 Å². The summed E-state index contributed by atoms with van der Waals surface area (Å²) in [6, 6.07) is 7.17. The van der Waals surface area contributed by atoms with Crippen molar-refractivity contribution in [2.24, 2.45) is 0 Å². The predicted molar refractivity (Wildman–Crippen MR) is 100 cm³/mol. The molecule has 3 rings (SSSR count). The van der Waals surface area contributed by atoms with E-state index < -0.39 is 0 Å². The molecule has 3 aromatic rings. The van der Waals surface area contributed by atoms with Crippen LogP contribution in [-0.4, -0.2) is 24.4 Å². The minimum Gasteiger partial charge on any atom is -0.486 e. The lowest BCUT2D eigenvalue weighted by molar-refractivity contribution is 0.289. The zero-order chi connectivity index (χ0) is 17.6. The molecule has 0 spiro atoms. The zero-order valence-corrected chi connectivity index (χ0v) is 16.1. The molecule has 0 fully saturated rings. The second-order valence-corrected chi connectivity index (χ2v) is 7.56. The van der Waals surface area contributed by atoms with E-state index in [1.54, 1.807) is 18.2 Å². The highest BCUT2D eigenvalue weighted by Gasteiger charge is 2.14. The van der Waals surface area contributed by atoms with Crippen molar-refractivity contribution in [3.05, 3.63) is 57.8 Å². The summed E-state index contributed by atoms with van der Waals surface area (Å²) in [6.07, 6.45) is 1.79. The number of hydrogen-bond acceptors (Lipinski definition) is 7. The first-order valence-electron chi connectivity index (χ1n) is 7.18. The lowest BCUT2D eigenvalue weighted by Crippen LogP contribution is -2.07. The maximum atomic E-state index is 6.03. The van der Waals surface area contributed by atoms with Crippen LogP contribution in [0.15, 0.2) is 42.1 Å². The molecular weight excluding hydrogens is 401 g/mol. The van der Waals surface area contributed by atoms with Gasteiger partial charge < -0.3 is 4.74 Å². The molecule has 0 amide bonds. The third kappa shape index (κ3) is 4.72. The van der Waals surface area contributed by atoms with Gasteiger partial charge in [-0.15, -0.1) is 21.9 Å². The van der Waals surface area contributed by atoms with Crippen molar-refractivity contribution in [3.8, 4) is 5.75 Å². The average Bonchev–Trinajstić information content (AvgIpc) is 3.19. The molecule has 2 aromatic heterocycles. The van der Waals surface area contributed by atoms with E-state index in [0.29, 0.717) is 39.8 Å². The lowest BCUT2D eigenvalue weighted by Gasteiger charge is -2.09. The summed E-state index contributed by atoms with van der Waals surface area (Å²) in [5.41, 5.74) is 0.740. The van der Waals surface area contributed by atoms with E-state index in [-0.39, 0.29) is 0 Å². The predicted octanol–water partition coefficient (Wildman–Crippen LogP) is 4.49. The Labute approximate surface area is 163 Å². The molecule has 0 aliphatic carbocycles. The van der Waals surface area contributed by atoms with Gasteiger partial charge in [-0.25, -0.2) is 0 Å². The van der Waals surface area contributed by atoms with E-state index >= 15 is 0 Å². The van der Waals surface area contributed by atoms with E-state index in [1.807, 2.05) is 16.7 Å². The van der Waals surface area contributed by atoms with Gasteiger partial charge in [0.05, 0.1) is 0 Å². The number of allylic oxidation sites excluding steroid dienone is 1. The van der Waals surface area contributed by atoms with Crippen LogP contribution in [0.2, 0.25) is 9.36 Å². The summed E-state index contributed by atoms with van der Waals surface area (Å²) >= 11 is 14.6. The largest absolute Gasteiger partial charge is 0.486 e. The maximum Gasteiger partial charge on any atom is 0.191 e. The first-order chi connectivity index (χ1) is 12.2. The Balaban J connectivity index is 1.69. The van der Waals surface area contributed by atoms with Crippen LogP contribution in [0.4, 0.5) is 0 Å². The van der Waals surface area contributed by atoms with Gasteiger partial charge in [0.2, 0.25) is 0 Å². The monoisotopic (exact) mass is 413 g/mol. The molecule has 1 aromatic carbocycles. The van der Waals surface area contributed by atoms with Crippen molar-refractivity contribution >= 4 is 46.5 Å². The first-order valence-corrected chi connectivity index (χ1v) is 9.69. The molecule has 0 saturated heterocycles. The van der Waals surface area contributed by atoms with Crippen molar-refractivity contribution in [2.75, 3.05) is 0 Å². The van der Waals surface area contributed by atoms with Crippen LogP contribution in [0.1, 0.15) is 11.5 Å². The summed E-state index contributed by atoms with van der Waals surface area (Å²) in [5.74, 6) is 2.00. The molecule has 0 aliphatic rings. The molecule has 25 heavy (non-hydrogen) atoms. The van der Waals surface area contributed by atoms with Gasteiger partial charge in [-0.1, -0.05) is 45.5 Å². The molecule has 0 atom stereocenters. The van der Waals surface area contributed by atoms with E-state index in [9.17, 15) is 0 Å². The fraction of sp³-hybridized carbons (Fsp3) is 0.200. The summed E-state index contributed by atoms with van der Waals surface area (Å²) in [6.45, 7) is 4.66. The van der Waals surface area contributed by atoms with Gasteiger partial charge in [0.1, 0.15) is 22.4 Å². The van der Waals surface area contributed by atoms with E-state index in [1.165, 1.54) is 23.3 Å². The Bertz CT molecular complexity index is 850. The zero-order valence-electron chi connectivity index (χ0n) is 12.9. The van der Waals surface area contributed by atoms with Gasteiger partial charge in [0, 0.05) is 28.9 Å². The van der Waals surface area contributed by atoms with Gasteiger partial charge in [-0.3, -0.25) is 4.57 Å². The summed E-state index contributed by atoms with van der Waals surface area (Å²) in [4.78, 5) is 0. The molecular formula is C15H13Cl2N5OS2. The Kier molecular flexibility index (Phi) is 6.30. The standard InChI is InChI=1S/C15H13Cl2N5OS2/c1-2-7-22-13(8-23-11-5-3-10(16)4-6-11)19-20-15(22)24-9-12-14(17)25-21-18-12/h2-6H,1,7-9H2. The van der Waals surface area contributed by atoms with Crippen LogP contribution < -0.4 is 4.74 Å². The molecule has 0 saturated carbocycles. The average molecular weight is 414 g/mol. The van der Waals surface area contributed by atoms with Crippen LogP contribution in [0.5, 0.6) is 5.75 Å². The third-order valence-electron chi connectivity index (χ3n) is 3.13. The van der Waals surface area contributed by atoms with Crippen LogP contribution >= 0.6 is 46.5 Å². The minimum absolute atomic E-state index is 0.294. The van der Waals surface area contributed by atoms with Gasteiger partial charge in [-0.2, -0.15) is 0 Å². The topological polar surface area (TPSA) is 65.7 Å². The fourth-order valence-corrected chi connectivity index (χ4v) is 3.77. The van der Waals surface area contributed by atoms with Crippen LogP contribution in [-0.2, 0) is 18.9 Å². The Morgan fingerprint density at radius 2 is 2.00 bits per heavy atom. The Hall–Kier alpha value is -1.61. The van der Waals surface area contributed by atoms with Gasteiger partial charge >= 0.3 is 0 Å². The smallest absolute Gasteiger partial charge is 0.191 e. The highest BCUT2D eigenvalue weighted by Crippen LogP contribution is 2.27. The number of aromatic nitrogens is 5. The Morgan fingerprint density at radius 3 is 2.68 bits per heavy atom. The number of nitrogens with zero attached hydrogens (tertiary/aromatic N) is 5. The van der Waals surface area contributed by atoms with Crippen molar-refractivity contribution in [1.29, 1.82) is 0 Å². The van der Waals surface area contributed by atoms with Crippen molar-refractivity contribution in [3.63, 3.8) is 0 Å². The SMILES string of the molecule is C=CCn1c(COc2ccc(Cl)cc2)nnc1SCc1nnsc1Cl. The number of rotatable bonds is 8. The maximum absolute atomic E-state index is 6.03. The molecule has 0 N–H and O–H groups in total. The molecule has 0 radical (unpaired) electrons. The molecule has 0 aliphatic heterocycles. The molecule has 0 bridgehead atoms. The van der Waals surface area contributed by atoms with Crippen LogP contribution in [0.25, 0.3) is 0 Å². The Morgan fingerprint density at radius 1 is 1.20 bits per heavy atom. The number of halogens is 2. The molecule has 6 nitrogen and oxygen atoms in total. The summed E-state index contributed by atoms with van der Waals surface area (Å²) in [5, 5.41) is 13.9.